The summed E-state index contributed by atoms with van der Waals surface area (Å²) in [6.07, 6.45) is 1.59. The quantitative estimate of drug-likeness (QED) is 0.298. The second kappa shape index (κ2) is 9.37. The van der Waals surface area contributed by atoms with Gasteiger partial charge in [0.15, 0.2) is 11.6 Å². The Kier molecular flexibility index (Phi) is 5.97. The minimum atomic E-state index is -0.811. The first-order valence-corrected chi connectivity index (χ1v) is 12.8. The predicted molar refractivity (Wildman–Crippen MR) is 146 cm³/mol. The third-order valence-electron chi connectivity index (χ3n) is 6.52. The highest BCUT2D eigenvalue weighted by molar-refractivity contribution is 7.23. The number of rotatable bonds is 4. The van der Waals surface area contributed by atoms with Crippen LogP contribution in [-0.4, -0.2) is 35.2 Å². The first kappa shape index (κ1) is 24.8. The molecule has 4 N–H and O–H groups in total. The Balaban J connectivity index is 1.66. The summed E-state index contributed by atoms with van der Waals surface area (Å²) in [5.74, 6) is -0.560. The van der Waals surface area contributed by atoms with Gasteiger partial charge in [-0.05, 0) is 17.7 Å². The van der Waals surface area contributed by atoms with Crippen LogP contribution in [0.2, 0.25) is 5.02 Å². The number of halogens is 3. The molecule has 0 fully saturated rings. The van der Waals surface area contributed by atoms with Gasteiger partial charge in [-0.25, -0.2) is 13.8 Å². The number of benzene rings is 2. The Morgan fingerprint density at radius 2 is 2.05 bits per heavy atom. The zero-order valence-electron chi connectivity index (χ0n) is 20.3. The fraction of sp³-hybridized carbons (Fsp3) is 0.154. The largest absolute Gasteiger partial charge is 0.489 e. The molecule has 0 radical (unpaired) electrons. The van der Waals surface area contributed by atoms with E-state index >= 15 is 4.39 Å². The van der Waals surface area contributed by atoms with Crippen molar-refractivity contribution in [2.75, 3.05) is 36.6 Å². The Bertz CT molecular complexity index is 1860. The third kappa shape index (κ3) is 3.81. The second-order valence-corrected chi connectivity index (χ2v) is 10.1. The maximum Gasteiger partial charge on any atom is 0.318 e. The van der Waals surface area contributed by atoms with E-state index in [1.54, 1.807) is 12.3 Å². The molecule has 4 heterocycles. The monoisotopic (exact) mass is 565 g/mol. The van der Waals surface area contributed by atoms with Crippen molar-refractivity contribution in [3.05, 3.63) is 58.2 Å². The van der Waals surface area contributed by atoms with E-state index in [0.717, 1.165) is 16.9 Å². The van der Waals surface area contributed by atoms with Crippen molar-refractivity contribution in [2.24, 2.45) is 0 Å². The lowest BCUT2D eigenvalue weighted by Gasteiger charge is -2.23. The van der Waals surface area contributed by atoms with E-state index in [4.69, 9.17) is 32.5 Å². The van der Waals surface area contributed by atoms with Crippen molar-refractivity contribution < 1.29 is 18.3 Å². The standard InChI is InChI=1S/C26H18ClF2N7O2S/c1-37-26-34-20-17-21(38-8-7-36(25(17)35-26)10-11-3-2-6-33-23(11)31)18(27)16(19(20)29)12-4-5-14(28)22-15(12)13(9-30)24(32)39-22/h2-6H,7-8,10,32H2,1H3,(H2,31,33). The van der Waals surface area contributed by atoms with Crippen molar-refractivity contribution in [2.45, 2.75) is 6.54 Å². The lowest BCUT2D eigenvalue weighted by atomic mass is 9.96. The highest BCUT2D eigenvalue weighted by Crippen LogP contribution is 2.50. The number of ether oxygens (including phenoxy) is 2. The normalized spacial score (nSPS) is 12.8. The molecule has 2 aromatic carbocycles. The topological polar surface area (TPSA) is 136 Å². The van der Waals surface area contributed by atoms with E-state index in [1.165, 1.54) is 19.2 Å². The number of nitrogens with two attached hydrogens (primary N) is 2. The maximum atomic E-state index is 16.5. The van der Waals surface area contributed by atoms with Crippen molar-refractivity contribution >= 4 is 60.6 Å². The molecule has 13 heteroatoms. The molecule has 0 saturated carbocycles. The highest BCUT2D eigenvalue weighted by atomic mass is 35.5. The van der Waals surface area contributed by atoms with Crippen LogP contribution in [0, 0.1) is 23.0 Å². The summed E-state index contributed by atoms with van der Waals surface area (Å²) < 4.78 is 42.7. The van der Waals surface area contributed by atoms with E-state index in [-0.39, 0.29) is 66.1 Å². The van der Waals surface area contributed by atoms with Gasteiger partial charge in [0.25, 0.3) is 0 Å². The van der Waals surface area contributed by atoms with Gasteiger partial charge in [-0.15, -0.1) is 11.3 Å². The summed E-state index contributed by atoms with van der Waals surface area (Å²) >= 11 is 7.76. The molecule has 6 rings (SSSR count). The maximum absolute atomic E-state index is 16.5. The predicted octanol–water partition coefficient (Wildman–Crippen LogP) is 5.28. The van der Waals surface area contributed by atoms with Gasteiger partial charge in [0.05, 0.1) is 34.3 Å². The van der Waals surface area contributed by atoms with Gasteiger partial charge < -0.3 is 25.8 Å². The van der Waals surface area contributed by atoms with Crippen molar-refractivity contribution in [3.8, 4) is 29.0 Å². The van der Waals surface area contributed by atoms with E-state index in [1.807, 2.05) is 17.0 Å². The number of nitrogen functional groups attached to an aromatic ring is 2. The number of thiophene rings is 1. The zero-order chi connectivity index (χ0) is 27.4. The van der Waals surface area contributed by atoms with Gasteiger partial charge in [0.1, 0.15) is 40.6 Å². The molecule has 39 heavy (non-hydrogen) atoms. The molecule has 3 aromatic heterocycles. The average Bonchev–Trinajstić information content (AvgIpc) is 3.17. The van der Waals surface area contributed by atoms with Crippen LogP contribution >= 0.6 is 22.9 Å². The van der Waals surface area contributed by atoms with Crippen LogP contribution in [0.1, 0.15) is 11.1 Å². The summed E-state index contributed by atoms with van der Waals surface area (Å²) in [4.78, 5) is 14.8. The number of nitriles is 1. The molecule has 9 nitrogen and oxygen atoms in total. The zero-order valence-corrected chi connectivity index (χ0v) is 21.8. The van der Waals surface area contributed by atoms with Gasteiger partial charge >= 0.3 is 6.01 Å². The molecule has 0 atom stereocenters. The summed E-state index contributed by atoms with van der Waals surface area (Å²) in [7, 11) is 1.37. The second-order valence-electron chi connectivity index (χ2n) is 8.66. The Labute approximate surface area is 229 Å². The number of aromatic nitrogens is 3. The van der Waals surface area contributed by atoms with Crippen LogP contribution in [0.5, 0.6) is 11.8 Å². The van der Waals surface area contributed by atoms with Crippen molar-refractivity contribution in [1.29, 1.82) is 5.26 Å². The van der Waals surface area contributed by atoms with E-state index in [2.05, 4.69) is 15.0 Å². The first-order valence-electron chi connectivity index (χ1n) is 11.6. The molecule has 1 aliphatic rings. The fourth-order valence-electron chi connectivity index (χ4n) is 4.74. The summed E-state index contributed by atoms with van der Waals surface area (Å²) in [5.41, 5.74) is 12.8. The molecule has 0 aliphatic carbocycles. The molecule has 5 aromatic rings. The van der Waals surface area contributed by atoms with Crippen molar-refractivity contribution in [3.63, 3.8) is 0 Å². The van der Waals surface area contributed by atoms with Crippen LogP contribution in [0.4, 0.5) is 25.4 Å². The van der Waals surface area contributed by atoms with Gasteiger partial charge in [0.2, 0.25) is 0 Å². The van der Waals surface area contributed by atoms with E-state index in [9.17, 15) is 9.65 Å². The third-order valence-corrected chi connectivity index (χ3v) is 7.91. The average molecular weight is 566 g/mol. The molecule has 0 unspecified atom stereocenters. The summed E-state index contributed by atoms with van der Waals surface area (Å²) in [6.45, 7) is 0.829. The number of anilines is 3. The molecule has 0 amide bonds. The number of fused-ring (bicyclic) bond motifs is 1. The van der Waals surface area contributed by atoms with Crippen LogP contribution in [0.25, 0.3) is 32.1 Å². The lowest BCUT2D eigenvalue weighted by molar-refractivity contribution is 0.331. The molecule has 0 spiro atoms. The minimum absolute atomic E-state index is 0.0352. The van der Waals surface area contributed by atoms with Gasteiger partial charge in [-0.3, -0.25) is 0 Å². The van der Waals surface area contributed by atoms with Crippen molar-refractivity contribution in [1.82, 2.24) is 15.0 Å². The lowest BCUT2D eigenvalue weighted by Crippen LogP contribution is -2.28. The van der Waals surface area contributed by atoms with Crippen LogP contribution in [0.3, 0.4) is 0 Å². The SMILES string of the molecule is COc1nc2c3c(c(Cl)c(-c4ccc(F)c5sc(N)c(C#N)c45)c(F)c3n1)OCCN2Cc1cccnc1N. The van der Waals surface area contributed by atoms with Crippen LogP contribution in [0.15, 0.2) is 30.5 Å². The molecule has 196 valence electrons. The number of hydrogen-bond donors (Lipinski definition) is 2. The van der Waals surface area contributed by atoms with Gasteiger partial charge in [-0.2, -0.15) is 15.2 Å². The van der Waals surface area contributed by atoms with Gasteiger partial charge in [0, 0.05) is 29.3 Å². The Morgan fingerprint density at radius 1 is 1.23 bits per heavy atom. The van der Waals surface area contributed by atoms with Gasteiger partial charge in [-0.1, -0.05) is 23.7 Å². The van der Waals surface area contributed by atoms with E-state index in [0.29, 0.717) is 24.7 Å². The van der Waals surface area contributed by atoms with Crippen LogP contribution < -0.4 is 25.8 Å². The minimum Gasteiger partial charge on any atom is -0.489 e. The smallest absolute Gasteiger partial charge is 0.318 e. The molecule has 0 bridgehead atoms. The highest BCUT2D eigenvalue weighted by Gasteiger charge is 2.31. The Morgan fingerprint density at radius 3 is 2.79 bits per heavy atom. The fourth-order valence-corrected chi connectivity index (χ4v) is 6.03. The molecular formula is C26H18ClF2N7O2S. The van der Waals surface area contributed by atoms with E-state index < -0.39 is 11.6 Å². The number of nitrogens with zero attached hydrogens (tertiary/aromatic N) is 5. The first-order chi connectivity index (χ1) is 18.8. The summed E-state index contributed by atoms with van der Waals surface area (Å²) in [6, 6.07) is 8.06. The summed E-state index contributed by atoms with van der Waals surface area (Å²) in [5, 5.41) is 10.2. The number of hydrogen-bond acceptors (Lipinski definition) is 10. The molecule has 0 saturated heterocycles. The number of methoxy groups -OCH3 is 1. The van der Waals surface area contributed by atoms with Crippen LogP contribution in [-0.2, 0) is 6.54 Å². The number of pyridine rings is 1. The molecule has 1 aliphatic heterocycles. The Hall–Kier alpha value is -4.47. The molecular weight excluding hydrogens is 548 g/mol.